The van der Waals surface area contributed by atoms with Crippen LogP contribution in [0.15, 0.2) is 18.3 Å². The number of aromatic nitrogens is 2. The van der Waals surface area contributed by atoms with Gasteiger partial charge in [0.2, 0.25) is 0 Å². The molecule has 0 unspecified atom stereocenters. The van der Waals surface area contributed by atoms with Crippen molar-refractivity contribution in [3.05, 3.63) is 28.4 Å². The van der Waals surface area contributed by atoms with Crippen molar-refractivity contribution in [2.45, 2.75) is 0 Å². The van der Waals surface area contributed by atoms with Crippen molar-refractivity contribution < 1.29 is 10.0 Å². The zero-order valence-corrected chi connectivity index (χ0v) is 10.2. The number of fused-ring (bicyclic) bond motifs is 1. The normalized spacial score (nSPS) is 10.8. The summed E-state index contributed by atoms with van der Waals surface area (Å²) in [7, 11) is 3.48. The second-order valence-electron chi connectivity index (χ2n) is 4.07. The third-order valence-corrected chi connectivity index (χ3v) is 2.77. The number of hydrogen-bond donors (Lipinski definition) is 1. The molecule has 96 valence electrons. The number of nitro benzene ring substituents is 1. The first kappa shape index (κ1) is 12.3. The molecule has 0 bridgehead atoms. The van der Waals surface area contributed by atoms with Crippen LogP contribution in [0.5, 0.6) is 0 Å². The summed E-state index contributed by atoms with van der Waals surface area (Å²) in [6.45, 7) is 0.263. The second-order valence-corrected chi connectivity index (χ2v) is 4.07. The van der Waals surface area contributed by atoms with E-state index in [0.717, 1.165) is 0 Å². The Hall–Kier alpha value is -2.15. The summed E-state index contributed by atoms with van der Waals surface area (Å²) in [5.74, 6) is 0. The molecule has 0 spiro atoms. The Balaban J connectivity index is 2.69. The summed E-state index contributed by atoms with van der Waals surface area (Å²) < 4.78 is 1.62. The predicted molar refractivity (Wildman–Crippen MR) is 67.7 cm³/mol. The standard InChI is InChI=1S/C11H14N4O3/c1-13(5-6-16)11-8-7-14(2)12-9(8)3-4-10(11)15(17)18/h3-4,7,16H,5-6H2,1-2H3. The fourth-order valence-electron chi connectivity index (χ4n) is 2.00. The molecule has 0 saturated carbocycles. The summed E-state index contributed by atoms with van der Waals surface area (Å²) in [6.07, 6.45) is 1.74. The van der Waals surface area contributed by atoms with Crippen LogP contribution in [0.4, 0.5) is 11.4 Å². The number of nitro groups is 1. The topological polar surface area (TPSA) is 84.4 Å². The van der Waals surface area contributed by atoms with Gasteiger partial charge in [-0.3, -0.25) is 14.8 Å². The predicted octanol–water partition coefficient (Wildman–Crippen LogP) is 0.910. The van der Waals surface area contributed by atoms with E-state index in [1.807, 2.05) is 0 Å². The van der Waals surface area contributed by atoms with Gasteiger partial charge < -0.3 is 10.0 Å². The van der Waals surface area contributed by atoms with E-state index in [-0.39, 0.29) is 12.3 Å². The SMILES string of the molecule is CN(CCO)c1c([N+](=O)[O-])ccc2nn(C)cc12. The van der Waals surface area contributed by atoms with E-state index in [1.165, 1.54) is 6.07 Å². The van der Waals surface area contributed by atoms with Crippen LogP contribution in [0.2, 0.25) is 0 Å². The minimum Gasteiger partial charge on any atom is -0.395 e. The van der Waals surface area contributed by atoms with Gasteiger partial charge in [-0.15, -0.1) is 0 Å². The molecule has 0 aliphatic carbocycles. The molecule has 7 heteroatoms. The number of aliphatic hydroxyl groups is 1. The molecular formula is C11H14N4O3. The number of aryl methyl sites for hydroxylation is 1. The maximum atomic E-state index is 11.1. The molecule has 1 heterocycles. The minimum absolute atomic E-state index is 0.0199. The Labute approximate surface area is 103 Å². The Morgan fingerprint density at radius 2 is 2.28 bits per heavy atom. The first-order valence-corrected chi connectivity index (χ1v) is 5.47. The van der Waals surface area contributed by atoms with E-state index in [1.54, 1.807) is 35.9 Å². The molecular weight excluding hydrogens is 236 g/mol. The van der Waals surface area contributed by atoms with Gasteiger partial charge in [0.1, 0.15) is 5.69 Å². The van der Waals surface area contributed by atoms with Crippen molar-refractivity contribution in [1.82, 2.24) is 9.78 Å². The highest BCUT2D eigenvalue weighted by molar-refractivity contribution is 5.96. The fourth-order valence-corrected chi connectivity index (χ4v) is 2.00. The van der Waals surface area contributed by atoms with Crippen LogP contribution in [0.25, 0.3) is 10.9 Å². The molecule has 0 saturated heterocycles. The van der Waals surface area contributed by atoms with Crippen molar-refractivity contribution in [2.75, 3.05) is 25.1 Å². The molecule has 18 heavy (non-hydrogen) atoms. The highest BCUT2D eigenvalue weighted by atomic mass is 16.6. The zero-order chi connectivity index (χ0) is 13.3. The van der Waals surface area contributed by atoms with Crippen molar-refractivity contribution in [3.8, 4) is 0 Å². The van der Waals surface area contributed by atoms with Gasteiger partial charge in [0.05, 0.1) is 22.4 Å². The van der Waals surface area contributed by atoms with E-state index >= 15 is 0 Å². The van der Waals surface area contributed by atoms with Gasteiger partial charge in [0.25, 0.3) is 5.69 Å². The number of hydrogen-bond acceptors (Lipinski definition) is 5. The molecule has 0 aliphatic heterocycles. The Bertz CT molecular complexity index is 593. The number of likely N-dealkylation sites (N-methyl/N-ethyl adjacent to an activating group) is 1. The fraction of sp³-hybridized carbons (Fsp3) is 0.364. The maximum Gasteiger partial charge on any atom is 0.293 e. The molecule has 0 fully saturated rings. The first-order chi connectivity index (χ1) is 8.54. The van der Waals surface area contributed by atoms with Crippen LogP contribution in [0, 0.1) is 10.1 Å². The van der Waals surface area contributed by atoms with E-state index in [4.69, 9.17) is 5.11 Å². The number of anilines is 1. The Morgan fingerprint density at radius 3 is 2.89 bits per heavy atom. The average Bonchev–Trinajstić information content (AvgIpc) is 2.67. The molecule has 2 aromatic rings. The number of aliphatic hydroxyl groups excluding tert-OH is 1. The average molecular weight is 250 g/mol. The first-order valence-electron chi connectivity index (χ1n) is 5.47. The van der Waals surface area contributed by atoms with Crippen LogP contribution in [0.3, 0.4) is 0 Å². The lowest BCUT2D eigenvalue weighted by Crippen LogP contribution is -2.22. The molecule has 1 aromatic carbocycles. The lowest BCUT2D eigenvalue weighted by atomic mass is 10.1. The molecule has 0 amide bonds. The van der Waals surface area contributed by atoms with Gasteiger partial charge in [-0.25, -0.2) is 0 Å². The Morgan fingerprint density at radius 1 is 1.56 bits per heavy atom. The third kappa shape index (κ3) is 2.00. The summed E-state index contributed by atoms with van der Waals surface area (Å²) in [5, 5.41) is 25.0. The second kappa shape index (κ2) is 4.61. The number of benzene rings is 1. The van der Waals surface area contributed by atoms with Crippen molar-refractivity contribution in [2.24, 2.45) is 7.05 Å². The number of rotatable bonds is 4. The maximum absolute atomic E-state index is 11.1. The number of nitrogens with zero attached hydrogens (tertiary/aromatic N) is 4. The zero-order valence-electron chi connectivity index (χ0n) is 10.2. The molecule has 0 radical (unpaired) electrons. The van der Waals surface area contributed by atoms with Gasteiger partial charge in [0, 0.05) is 32.9 Å². The van der Waals surface area contributed by atoms with Gasteiger partial charge >= 0.3 is 0 Å². The van der Waals surface area contributed by atoms with Crippen LogP contribution >= 0.6 is 0 Å². The molecule has 7 nitrogen and oxygen atoms in total. The van der Waals surface area contributed by atoms with Crippen molar-refractivity contribution in [3.63, 3.8) is 0 Å². The van der Waals surface area contributed by atoms with Crippen LogP contribution in [-0.4, -0.2) is 40.0 Å². The lowest BCUT2D eigenvalue weighted by molar-refractivity contribution is -0.384. The summed E-state index contributed by atoms with van der Waals surface area (Å²) in [4.78, 5) is 12.3. The largest absolute Gasteiger partial charge is 0.395 e. The molecule has 2 rings (SSSR count). The van der Waals surface area contributed by atoms with Crippen LogP contribution < -0.4 is 4.90 Å². The molecule has 1 aromatic heterocycles. The quantitative estimate of drug-likeness (QED) is 0.644. The van der Waals surface area contributed by atoms with E-state index < -0.39 is 4.92 Å². The van der Waals surface area contributed by atoms with Crippen LogP contribution in [-0.2, 0) is 7.05 Å². The molecule has 1 N–H and O–H groups in total. The van der Waals surface area contributed by atoms with E-state index in [0.29, 0.717) is 23.1 Å². The molecule has 0 atom stereocenters. The van der Waals surface area contributed by atoms with Crippen molar-refractivity contribution >= 4 is 22.3 Å². The summed E-state index contributed by atoms with van der Waals surface area (Å²) in [5.41, 5.74) is 1.20. The lowest BCUT2D eigenvalue weighted by Gasteiger charge is -2.18. The van der Waals surface area contributed by atoms with E-state index in [2.05, 4.69) is 5.10 Å². The summed E-state index contributed by atoms with van der Waals surface area (Å²) in [6, 6.07) is 3.07. The highest BCUT2D eigenvalue weighted by Crippen LogP contribution is 2.34. The monoisotopic (exact) mass is 250 g/mol. The van der Waals surface area contributed by atoms with E-state index in [9.17, 15) is 10.1 Å². The Kier molecular flexibility index (Phi) is 3.15. The third-order valence-electron chi connectivity index (χ3n) is 2.77. The van der Waals surface area contributed by atoms with Gasteiger partial charge in [-0.05, 0) is 6.07 Å². The summed E-state index contributed by atoms with van der Waals surface area (Å²) >= 11 is 0. The van der Waals surface area contributed by atoms with Gasteiger partial charge in [-0.2, -0.15) is 5.10 Å². The minimum atomic E-state index is -0.421. The van der Waals surface area contributed by atoms with Crippen molar-refractivity contribution in [1.29, 1.82) is 0 Å². The van der Waals surface area contributed by atoms with Gasteiger partial charge in [0.15, 0.2) is 0 Å². The van der Waals surface area contributed by atoms with Crippen LogP contribution in [0.1, 0.15) is 0 Å². The smallest absolute Gasteiger partial charge is 0.293 e. The molecule has 0 aliphatic rings. The highest BCUT2D eigenvalue weighted by Gasteiger charge is 2.21. The van der Waals surface area contributed by atoms with Gasteiger partial charge in [-0.1, -0.05) is 0 Å².